The third-order valence-corrected chi connectivity index (χ3v) is 3.51. The van der Waals surface area contributed by atoms with Gasteiger partial charge in [-0.2, -0.15) is 0 Å². The molecule has 0 aliphatic carbocycles. The van der Waals surface area contributed by atoms with E-state index in [4.69, 9.17) is 9.84 Å². The third kappa shape index (κ3) is 3.36. The van der Waals surface area contributed by atoms with Crippen LogP contribution in [0.4, 0.5) is 0 Å². The van der Waals surface area contributed by atoms with Gasteiger partial charge in [-0.05, 0) is 24.8 Å². The number of carboxylic acid groups (broad SMARTS) is 1. The molecule has 0 bridgehead atoms. The summed E-state index contributed by atoms with van der Waals surface area (Å²) in [6, 6.07) is 9.63. The molecule has 1 amide bonds. The molecule has 0 saturated carbocycles. The summed E-state index contributed by atoms with van der Waals surface area (Å²) < 4.78 is 5.25. The maximum atomic E-state index is 12.1. The van der Waals surface area contributed by atoms with Gasteiger partial charge in [-0.1, -0.05) is 37.3 Å². The molecule has 1 fully saturated rings. The summed E-state index contributed by atoms with van der Waals surface area (Å²) >= 11 is 0. The summed E-state index contributed by atoms with van der Waals surface area (Å²) in [6.45, 7) is 1.99. The van der Waals surface area contributed by atoms with Crippen LogP contribution in [0.25, 0.3) is 0 Å². The highest BCUT2D eigenvalue weighted by Gasteiger charge is 2.35. The fourth-order valence-corrected chi connectivity index (χ4v) is 2.38. The van der Waals surface area contributed by atoms with Gasteiger partial charge in [0.25, 0.3) is 0 Å². The van der Waals surface area contributed by atoms with Crippen LogP contribution in [-0.4, -0.2) is 29.2 Å². The van der Waals surface area contributed by atoms with Crippen molar-refractivity contribution in [2.75, 3.05) is 0 Å². The number of aliphatic carboxylic acids is 1. The van der Waals surface area contributed by atoms with Crippen LogP contribution in [0.15, 0.2) is 30.3 Å². The van der Waals surface area contributed by atoms with Crippen LogP contribution in [0.3, 0.4) is 0 Å². The minimum atomic E-state index is -1.00. The Morgan fingerprint density at radius 2 is 1.95 bits per heavy atom. The molecule has 3 unspecified atom stereocenters. The van der Waals surface area contributed by atoms with Crippen LogP contribution in [-0.2, 0) is 14.3 Å². The third-order valence-electron chi connectivity index (χ3n) is 3.51. The predicted molar refractivity (Wildman–Crippen MR) is 73.1 cm³/mol. The van der Waals surface area contributed by atoms with Gasteiger partial charge in [0.1, 0.15) is 6.10 Å². The van der Waals surface area contributed by atoms with E-state index in [0.717, 1.165) is 12.0 Å². The summed E-state index contributed by atoms with van der Waals surface area (Å²) in [5.41, 5.74) is 1.04. The lowest BCUT2D eigenvalue weighted by Gasteiger charge is -2.20. The van der Waals surface area contributed by atoms with E-state index < -0.39 is 18.2 Å². The van der Waals surface area contributed by atoms with E-state index in [-0.39, 0.29) is 11.9 Å². The Morgan fingerprint density at radius 3 is 2.50 bits per heavy atom. The molecular weight excluding hydrogens is 258 g/mol. The number of amides is 1. The van der Waals surface area contributed by atoms with Crippen molar-refractivity contribution in [3.05, 3.63) is 35.9 Å². The molecule has 5 nitrogen and oxygen atoms in total. The lowest BCUT2D eigenvalue weighted by molar-refractivity contribution is -0.151. The first-order valence-corrected chi connectivity index (χ1v) is 6.85. The van der Waals surface area contributed by atoms with E-state index in [0.29, 0.717) is 12.8 Å². The first-order valence-electron chi connectivity index (χ1n) is 6.85. The van der Waals surface area contributed by atoms with Crippen molar-refractivity contribution in [1.29, 1.82) is 0 Å². The van der Waals surface area contributed by atoms with E-state index in [1.54, 1.807) is 0 Å². The normalized spacial score (nSPS) is 23.2. The van der Waals surface area contributed by atoms with Crippen LogP contribution in [0, 0.1) is 0 Å². The summed E-state index contributed by atoms with van der Waals surface area (Å²) in [4.78, 5) is 22.9. The molecule has 0 spiro atoms. The van der Waals surface area contributed by atoms with Crippen LogP contribution in [0.1, 0.15) is 37.8 Å². The Hall–Kier alpha value is -1.88. The van der Waals surface area contributed by atoms with Crippen molar-refractivity contribution in [3.63, 3.8) is 0 Å². The molecule has 1 aliphatic heterocycles. The molecule has 5 heteroatoms. The van der Waals surface area contributed by atoms with Gasteiger partial charge < -0.3 is 15.2 Å². The quantitative estimate of drug-likeness (QED) is 0.861. The minimum Gasteiger partial charge on any atom is -0.479 e. The van der Waals surface area contributed by atoms with E-state index in [2.05, 4.69) is 5.32 Å². The minimum absolute atomic E-state index is 0.0730. The van der Waals surface area contributed by atoms with Gasteiger partial charge in [-0.15, -0.1) is 0 Å². The van der Waals surface area contributed by atoms with E-state index >= 15 is 0 Å². The molecule has 2 rings (SSSR count). The Morgan fingerprint density at radius 1 is 1.30 bits per heavy atom. The maximum absolute atomic E-state index is 12.1. The van der Waals surface area contributed by atoms with Crippen LogP contribution in [0.2, 0.25) is 0 Å². The van der Waals surface area contributed by atoms with Gasteiger partial charge in [0.2, 0.25) is 5.91 Å². The van der Waals surface area contributed by atoms with Crippen LogP contribution < -0.4 is 5.32 Å². The monoisotopic (exact) mass is 277 g/mol. The molecule has 1 heterocycles. The zero-order valence-electron chi connectivity index (χ0n) is 11.4. The molecule has 2 N–H and O–H groups in total. The van der Waals surface area contributed by atoms with Crippen molar-refractivity contribution in [3.8, 4) is 0 Å². The standard InChI is InChI=1S/C15H19NO4/c1-2-11(10-6-4-3-5-7-10)16-14(17)12-8-9-13(20-12)15(18)19/h3-7,11-13H,2,8-9H2,1H3,(H,16,17)(H,18,19). The molecular formula is C15H19NO4. The van der Waals surface area contributed by atoms with Gasteiger partial charge in [-0.3, -0.25) is 4.79 Å². The molecule has 20 heavy (non-hydrogen) atoms. The van der Waals surface area contributed by atoms with Crippen molar-refractivity contribution in [1.82, 2.24) is 5.32 Å². The number of benzene rings is 1. The summed E-state index contributed by atoms with van der Waals surface area (Å²) in [6.07, 6.45) is 0.0884. The number of carbonyl (C=O) groups excluding carboxylic acids is 1. The van der Waals surface area contributed by atoms with Crippen LogP contribution >= 0.6 is 0 Å². The van der Waals surface area contributed by atoms with E-state index in [1.165, 1.54) is 0 Å². The zero-order valence-corrected chi connectivity index (χ0v) is 11.4. The van der Waals surface area contributed by atoms with Crippen LogP contribution in [0.5, 0.6) is 0 Å². The second-order valence-electron chi connectivity index (χ2n) is 4.91. The summed E-state index contributed by atoms with van der Waals surface area (Å²) in [5, 5.41) is 11.8. The fourth-order valence-electron chi connectivity index (χ4n) is 2.38. The summed E-state index contributed by atoms with van der Waals surface area (Å²) in [5.74, 6) is -1.24. The van der Waals surface area contributed by atoms with Gasteiger partial charge in [0.15, 0.2) is 6.10 Å². The Labute approximate surface area is 117 Å². The fraction of sp³-hybridized carbons (Fsp3) is 0.467. The Balaban J connectivity index is 1.95. The zero-order chi connectivity index (χ0) is 14.5. The van der Waals surface area contributed by atoms with Crippen molar-refractivity contribution in [2.45, 2.75) is 44.4 Å². The van der Waals surface area contributed by atoms with E-state index in [1.807, 2.05) is 37.3 Å². The predicted octanol–water partition coefficient (Wildman–Crippen LogP) is 1.89. The lowest BCUT2D eigenvalue weighted by atomic mass is 10.0. The second kappa shape index (κ2) is 6.52. The molecule has 1 aliphatic rings. The number of ether oxygens (including phenoxy) is 1. The first kappa shape index (κ1) is 14.5. The lowest BCUT2D eigenvalue weighted by Crippen LogP contribution is -2.37. The number of hydrogen-bond donors (Lipinski definition) is 2. The molecule has 108 valence electrons. The average molecular weight is 277 g/mol. The van der Waals surface area contributed by atoms with Gasteiger partial charge in [0, 0.05) is 0 Å². The topological polar surface area (TPSA) is 75.6 Å². The average Bonchev–Trinajstić information content (AvgIpc) is 2.95. The summed E-state index contributed by atoms with van der Waals surface area (Å²) in [7, 11) is 0. The number of nitrogens with one attached hydrogen (secondary N) is 1. The number of hydrogen-bond acceptors (Lipinski definition) is 3. The van der Waals surface area contributed by atoms with Crippen molar-refractivity contribution >= 4 is 11.9 Å². The highest BCUT2D eigenvalue weighted by atomic mass is 16.5. The number of rotatable bonds is 5. The molecule has 0 radical (unpaired) electrons. The van der Waals surface area contributed by atoms with Crippen molar-refractivity contribution in [2.24, 2.45) is 0 Å². The van der Waals surface area contributed by atoms with Gasteiger partial charge >= 0.3 is 5.97 Å². The molecule has 0 aromatic heterocycles. The molecule has 3 atom stereocenters. The molecule has 1 saturated heterocycles. The van der Waals surface area contributed by atoms with E-state index in [9.17, 15) is 9.59 Å². The molecule has 1 aromatic carbocycles. The first-order chi connectivity index (χ1) is 9.61. The van der Waals surface area contributed by atoms with Crippen molar-refractivity contribution < 1.29 is 19.4 Å². The number of carboxylic acids is 1. The smallest absolute Gasteiger partial charge is 0.332 e. The number of carbonyl (C=O) groups is 2. The highest BCUT2D eigenvalue weighted by molar-refractivity contribution is 5.83. The van der Waals surface area contributed by atoms with Gasteiger partial charge in [-0.25, -0.2) is 4.79 Å². The largest absolute Gasteiger partial charge is 0.479 e. The molecule has 1 aromatic rings. The highest BCUT2D eigenvalue weighted by Crippen LogP contribution is 2.22. The maximum Gasteiger partial charge on any atom is 0.332 e. The Bertz CT molecular complexity index is 474. The SMILES string of the molecule is CCC(NC(=O)C1CCC(C(=O)O)O1)c1ccccc1. The Kier molecular flexibility index (Phi) is 4.74. The second-order valence-corrected chi connectivity index (χ2v) is 4.91. The van der Waals surface area contributed by atoms with Gasteiger partial charge in [0.05, 0.1) is 6.04 Å².